The molecule has 0 spiro atoms. The number of hydrogen-bond acceptors (Lipinski definition) is 6. The van der Waals surface area contributed by atoms with Crippen molar-refractivity contribution < 1.29 is 22.7 Å². The van der Waals surface area contributed by atoms with E-state index in [-0.39, 0.29) is 11.9 Å². The van der Waals surface area contributed by atoms with Crippen molar-refractivity contribution in [3.63, 3.8) is 0 Å². The second-order valence-electron chi connectivity index (χ2n) is 6.06. The number of hydrogen-bond donors (Lipinski definition) is 1. The average Bonchev–Trinajstić information content (AvgIpc) is 2.61. The zero-order chi connectivity index (χ0) is 18.3. The highest BCUT2D eigenvalue weighted by atomic mass is 32.2. The minimum absolute atomic E-state index is 0.0978. The molecule has 2 N–H and O–H groups in total. The SMILES string of the molecule is COC(=O)c1cccc(CS(=O)(=O)N2CCC(OCCCN)CC2)c1. The molecule has 7 nitrogen and oxygen atoms in total. The molecule has 1 aromatic rings. The normalized spacial score (nSPS) is 16.7. The third kappa shape index (κ3) is 5.78. The Bertz CT molecular complexity index is 669. The highest BCUT2D eigenvalue weighted by Gasteiger charge is 2.28. The quantitative estimate of drug-likeness (QED) is 0.544. The molecule has 0 atom stereocenters. The van der Waals surface area contributed by atoms with Gasteiger partial charge in [0.15, 0.2) is 0 Å². The zero-order valence-corrected chi connectivity index (χ0v) is 15.3. The van der Waals surface area contributed by atoms with E-state index < -0.39 is 16.0 Å². The van der Waals surface area contributed by atoms with Crippen molar-refractivity contribution in [1.82, 2.24) is 4.31 Å². The zero-order valence-electron chi connectivity index (χ0n) is 14.5. The molecule has 0 aliphatic carbocycles. The van der Waals surface area contributed by atoms with E-state index >= 15 is 0 Å². The molecule has 1 saturated heterocycles. The van der Waals surface area contributed by atoms with Crippen LogP contribution in [0.4, 0.5) is 0 Å². The molecule has 1 aliphatic rings. The fraction of sp³-hybridized carbons (Fsp3) is 0.588. The number of sulfonamides is 1. The van der Waals surface area contributed by atoms with Gasteiger partial charge in [0, 0.05) is 19.7 Å². The van der Waals surface area contributed by atoms with Gasteiger partial charge in [0.05, 0.1) is 24.5 Å². The summed E-state index contributed by atoms with van der Waals surface area (Å²) in [6.07, 6.45) is 2.29. The monoisotopic (exact) mass is 370 g/mol. The van der Waals surface area contributed by atoms with Gasteiger partial charge in [-0.3, -0.25) is 0 Å². The van der Waals surface area contributed by atoms with Gasteiger partial charge in [-0.05, 0) is 43.5 Å². The van der Waals surface area contributed by atoms with E-state index in [2.05, 4.69) is 4.74 Å². The first kappa shape index (κ1) is 19.8. The van der Waals surface area contributed by atoms with Gasteiger partial charge in [-0.2, -0.15) is 0 Å². The van der Waals surface area contributed by atoms with Crippen LogP contribution in [0.2, 0.25) is 0 Å². The Morgan fingerprint density at radius 2 is 2.04 bits per heavy atom. The second kappa shape index (κ2) is 9.28. The number of benzene rings is 1. The average molecular weight is 370 g/mol. The smallest absolute Gasteiger partial charge is 0.337 e. The summed E-state index contributed by atoms with van der Waals surface area (Å²) >= 11 is 0. The predicted molar refractivity (Wildman–Crippen MR) is 94.6 cm³/mol. The third-order valence-corrected chi connectivity index (χ3v) is 6.04. The Morgan fingerprint density at radius 3 is 2.68 bits per heavy atom. The number of nitrogens with two attached hydrogens (primary N) is 1. The summed E-state index contributed by atoms with van der Waals surface area (Å²) in [6, 6.07) is 6.53. The standard InChI is InChI=1S/C17H26N2O5S/c1-23-17(20)15-5-2-4-14(12-15)13-25(21,22)19-9-6-16(7-10-19)24-11-3-8-18/h2,4-5,12,16H,3,6-11,13,18H2,1H3. The third-order valence-electron chi connectivity index (χ3n) is 4.19. The molecule has 0 saturated carbocycles. The van der Waals surface area contributed by atoms with E-state index in [0.717, 1.165) is 6.42 Å². The number of piperidine rings is 1. The highest BCUT2D eigenvalue weighted by molar-refractivity contribution is 7.88. The van der Waals surface area contributed by atoms with E-state index in [1.807, 2.05) is 0 Å². The lowest BCUT2D eigenvalue weighted by atomic mass is 10.1. The van der Waals surface area contributed by atoms with Crippen molar-refractivity contribution in [2.24, 2.45) is 5.73 Å². The summed E-state index contributed by atoms with van der Waals surface area (Å²) in [4.78, 5) is 11.6. The fourth-order valence-electron chi connectivity index (χ4n) is 2.82. The first-order chi connectivity index (χ1) is 12.0. The Kier molecular flexibility index (Phi) is 7.37. The van der Waals surface area contributed by atoms with E-state index in [4.69, 9.17) is 10.5 Å². The van der Waals surface area contributed by atoms with E-state index in [1.54, 1.807) is 24.3 Å². The van der Waals surface area contributed by atoms with Crippen molar-refractivity contribution >= 4 is 16.0 Å². The van der Waals surface area contributed by atoms with E-state index in [1.165, 1.54) is 11.4 Å². The van der Waals surface area contributed by atoms with Gasteiger partial charge in [0.2, 0.25) is 10.0 Å². The first-order valence-electron chi connectivity index (χ1n) is 8.43. The van der Waals surface area contributed by atoms with Crippen molar-refractivity contribution in [2.75, 3.05) is 33.4 Å². The number of nitrogens with zero attached hydrogens (tertiary/aromatic N) is 1. The largest absolute Gasteiger partial charge is 0.465 e. The van der Waals surface area contributed by atoms with Crippen LogP contribution in [0.15, 0.2) is 24.3 Å². The molecule has 0 amide bonds. The minimum Gasteiger partial charge on any atom is -0.465 e. The summed E-state index contributed by atoms with van der Waals surface area (Å²) in [7, 11) is -2.13. The molecule has 2 rings (SSSR count). The van der Waals surface area contributed by atoms with Crippen LogP contribution in [-0.2, 0) is 25.2 Å². The lowest BCUT2D eigenvalue weighted by molar-refractivity contribution is 0.0208. The Balaban J connectivity index is 1.93. The topological polar surface area (TPSA) is 98.9 Å². The van der Waals surface area contributed by atoms with Crippen LogP contribution in [0.5, 0.6) is 0 Å². The molecule has 8 heteroatoms. The maximum atomic E-state index is 12.6. The number of carbonyl (C=O) groups is 1. The molecule has 0 radical (unpaired) electrons. The molecule has 0 bridgehead atoms. The summed E-state index contributed by atoms with van der Waals surface area (Å²) in [5.41, 5.74) is 6.36. The lowest BCUT2D eigenvalue weighted by Crippen LogP contribution is -2.41. The first-order valence-corrected chi connectivity index (χ1v) is 10.0. The molecular weight excluding hydrogens is 344 g/mol. The molecule has 140 valence electrons. The Morgan fingerprint density at radius 1 is 1.32 bits per heavy atom. The highest BCUT2D eigenvalue weighted by Crippen LogP contribution is 2.20. The number of carbonyl (C=O) groups excluding carboxylic acids is 1. The Hall–Kier alpha value is -1.48. The summed E-state index contributed by atoms with van der Waals surface area (Å²) in [5.74, 6) is -0.606. The van der Waals surface area contributed by atoms with E-state index in [0.29, 0.717) is 50.2 Å². The predicted octanol–water partition coefficient (Wildman–Crippen LogP) is 1.13. The lowest BCUT2D eigenvalue weighted by Gasteiger charge is -2.31. The van der Waals surface area contributed by atoms with Crippen LogP contribution in [0, 0.1) is 0 Å². The van der Waals surface area contributed by atoms with Crippen LogP contribution in [-0.4, -0.2) is 58.1 Å². The van der Waals surface area contributed by atoms with E-state index in [9.17, 15) is 13.2 Å². The number of methoxy groups -OCH3 is 1. The minimum atomic E-state index is -3.43. The number of rotatable bonds is 8. The van der Waals surface area contributed by atoms with Crippen molar-refractivity contribution in [3.05, 3.63) is 35.4 Å². The molecule has 0 unspecified atom stereocenters. The molecule has 0 aromatic heterocycles. The molecule has 1 fully saturated rings. The van der Waals surface area contributed by atoms with Gasteiger partial charge in [-0.25, -0.2) is 17.5 Å². The number of esters is 1. The van der Waals surface area contributed by atoms with Crippen LogP contribution < -0.4 is 5.73 Å². The molecular formula is C17H26N2O5S. The summed E-state index contributed by atoms with van der Waals surface area (Å²) < 4.78 is 37.1. The van der Waals surface area contributed by atoms with Gasteiger partial charge in [0.1, 0.15) is 0 Å². The van der Waals surface area contributed by atoms with Crippen LogP contribution >= 0.6 is 0 Å². The van der Waals surface area contributed by atoms with Gasteiger partial charge >= 0.3 is 5.97 Å². The van der Waals surface area contributed by atoms with Crippen molar-refractivity contribution in [1.29, 1.82) is 0 Å². The second-order valence-corrected chi connectivity index (χ2v) is 8.03. The molecule has 25 heavy (non-hydrogen) atoms. The molecule has 1 aliphatic heterocycles. The van der Waals surface area contributed by atoms with Crippen LogP contribution in [0.3, 0.4) is 0 Å². The summed E-state index contributed by atoms with van der Waals surface area (Å²) in [6.45, 7) is 2.12. The van der Waals surface area contributed by atoms with Crippen LogP contribution in [0.1, 0.15) is 35.2 Å². The van der Waals surface area contributed by atoms with Crippen LogP contribution in [0.25, 0.3) is 0 Å². The molecule has 1 aromatic carbocycles. The molecule has 1 heterocycles. The fourth-order valence-corrected chi connectivity index (χ4v) is 4.37. The summed E-state index contributed by atoms with van der Waals surface area (Å²) in [5, 5.41) is 0. The van der Waals surface area contributed by atoms with Gasteiger partial charge in [-0.15, -0.1) is 0 Å². The Labute approximate surface area is 149 Å². The van der Waals surface area contributed by atoms with Gasteiger partial charge < -0.3 is 15.2 Å². The van der Waals surface area contributed by atoms with Gasteiger partial charge in [0.25, 0.3) is 0 Å². The maximum absolute atomic E-state index is 12.6. The van der Waals surface area contributed by atoms with Crippen molar-refractivity contribution in [3.8, 4) is 0 Å². The number of ether oxygens (including phenoxy) is 2. The maximum Gasteiger partial charge on any atom is 0.337 e. The van der Waals surface area contributed by atoms with Gasteiger partial charge in [-0.1, -0.05) is 12.1 Å². The van der Waals surface area contributed by atoms with Crippen molar-refractivity contribution in [2.45, 2.75) is 31.1 Å².